The summed E-state index contributed by atoms with van der Waals surface area (Å²) >= 11 is -0.0902. The van der Waals surface area contributed by atoms with E-state index in [1.54, 1.807) is 18.3 Å². The summed E-state index contributed by atoms with van der Waals surface area (Å²) in [7, 11) is 0. The van der Waals surface area contributed by atoms with Crippen LogP contribution in [0.4, 0.5) is 13.2 Å². The van der Waals surface area contributed by atoms with Gasteiger partial charge in [-0.25, -0.2) is 0 Å². The number of pyridine rings is 1. The minimum atomic E-state index is -4.25. The SMILES string of the molecule is CC(C)(C)c1cc(-c2nccc3nc(-c4ccc(CC(C)(C)C(F)(F)F)cc4)[se]c23)[c-]c2ccccc12.CCC(CC)C(=O)/C=C(\O)C(CC)CC.[Ir]. The molecule has 1 radical (unpaired) electrons. The van der Waals surface area contributed by atoms with E-state index in [0.29, 0.717) is 5.56 Å². The summed E-state index contributed by atoms with van der Waals surface area (Å²) in [5.74, 6) is 0.547. The van der Waals surface area contributed by atoms with E-state index in [0.717, 1.165) is 62.2 Å². The maximum absolute atomic E-state index is 13.3. The molecule has 0 saturated carbocycles. The summed E-state index contributed by atoms with van der Waals surface area (Å²) in [4.78, 5) is 21.4. The van der Waals surface area contributed by atoms with Crippen LogP contribution in [-0.2, 0) is 36.7 Å². The minimum Gasteiger partial charge on any atom is -0.512 e. The molecule has 0 spiro atoms. The fourth-order valence-corrected chi connectivity index (χ4v) is 8.55. The van der Waals surface area contributed by atoms with Crippen LogP contribution < -0.4 is 0 Å². The first-order valence-electron chi connectivity index (χ1n) is 18.3. The molecular weight excluding hydrogens is 917 g/mol. The Hall–Kier alpha value is -3.09. The van der Waals surface area contributed by atoms with Gasteiger partial charge in [-0.3, -0.25) is 4.79 Å². The second kappa shape index (κ2) is 18.5. The van der Waals surface area contributed by atoms with Crippen molar-refractivity contribution in [2.24, 2.45) is 17.3 Å². The molecule has 0 saturated heterocycles. The number of nitrogens with zero attached hydrogens (tertiary/aromatic N) is 2. The number of benzene rings is 3. The number of hydrogen-bond donors (Lipinski definition) is 1. The number of halogens is 3. The number of hydrogen-bond acceptors (Lipinski definition) is 4. The summed E-state index contributed by atoms with van der Waals surface area (Å²) in [5, 5.41) is 12.0. The van der Waals surface area contributed by atoms with Crippen LogP contribution in [0.1, 0.15) is 99.1 Å². The molecule has 5 aromatic rings. The van der Waals surface area contributed by atoms with Gasteiger partial charge in [0.05, 0.1) is 5.76 Å². The molecule has 0 aliphatic rings. The van der Waals surface area contributed by atoms with Gasteiger partial charge in [0, 0.05) is 38.0 Å². The predicted octanol–water partition coefficient (Wildman–Crippen LogP) is 12.3. The molecule has 53 heavy (non-hydrogen) atoms. The quantitative estimate of drug-likeness (QED) is 0.0620. The van der Waals surface area contributed by atoms with Gasteiger partial charge in [-0.05, 0) is 25.7 Å². The molecule has 3 aromatic carbocycles. The zero-order chi connectivity index (χ0) is 38.4. The summed E-state index contributed by atoms with van der Waals surface area (Å²) < 4.78 is 42.0. The van der Waals surface area contributed by atoms with Crippen LogP contribution in [0, 0.1) is 23.3 Å². The number of carbonyl (C=O) groups is 1. The molecular formula is C44H52F3IrN2O2Se-. The van der Waals surface area contributed by atoms with E-state index in [9.17, 15) is 23.1 Å². The smallest absolute Gasteiger partial charge is 0.162 e. The van der Waals surface area contributed by atoms with E-state index in [1.165, 1.54) is 30.9 Å². The number of fused-ring (bicyclic) bond motifs is 2. The van der Waals surface area contributed by atoms with Crippen molar-refractivity contribution in [2.75, 3.05) is 0 Å². The molecule has 0 amide bonds. The van der Waals surface area contributed by atoms with Crippen LogP contribution in [0.2, 0.25) is 0 Å². The second-order valence-electron chi connectivity index (χ2n) is 15.2. The number of aliphatic hydroxyl groups is 1. The monoisotopic (exact) mass is 970 g/mol. The van der Waals surface area contributed by atoms with Crippen LogP contribution in [-0.4, -0.2) is 41.5 Å². The van der Waals surface area contributed by atoms with Gasteiger partial charge in [0.1, 0.15) is 0 Å². The van der Waals surface area contributed by atoms with E-state index >= 15 is 0 Å². The molecule has 0 bridgehead atoms. The Morgan fingerprint density at radius 2 is 1.49 bits per heavy atom. The van der Waals surface area contributed by atoms with Gasteiger partial charge in [0.15, 0.2) is 5.78 Å². The fraction of sp³-hybridized carbons (Fsp3) is 0.432. The molecule has 0 fully saturated rings. The van der Waals surface area contributed by atoms with Crippen molar-refractivity contribution in [1.82, 2.24) is 9.97 Å². The normalized spacial score (nSPS) is 12.6. The molecule has 0 aliphatic heterocycles. The Morgan fingerprint density at radius 3 is 2.06 bits per heavy atom. The predicted molar refractivity (Wildman–Crippen MR) is 210 cm³/mol. The number of aliphatic hydroxyl groups excluding tert-OH is 1. The van der Waals surface area contributed by atoms with Crippen molar-refractivity contribution >= 4 is 40.8 Å². The van der Waals surface area contributed by atoms with Gasteiger partial charge in [-0.2, -0.15) is 0 Å². The topological polar surface area (TPSA) is 63.1 Å². The van der Waals surface area contributed by atoms with Gasteiger partial charge >= 0.3 is 222 Å². The van der Waals surface area contributed by atoms with Gasteiger partial charge in [-0.15, -0.1) is 0 Å². The van der Waals surface area contributed by atoms with Crippen LogP contribution in [0.5, 0.6) is 0 Å². The largest absolute Gasteiger partial charge is 0.512 e. The van der Waals surface area contributed by atoms with Gasteiger partial charge < -0.3 is 5.11 Å². The van der Waals surface area contributed by atoms with E-state index in [4.69, 9.17) is 9.97 Å². The molecule has 4 nitrogen and oxygen atoms in total. The first-order chi connectivity index (χ1) is 24.4. The summed E-state index contributed by atoms with van der Waals surface area (Å²) in [6, 6.07) is 23.4. The van der Waals surface area contributed by atoms with Crippen molar-refractivity contribution in [3.8, 4) is 21.4 Å². The van der Waals surface area contributed by atoms with Crippen LogP contribution in [0.3, 0.4) is 0 Å². The summed E-state index contributed by atoms with van der Waals surface area (Å²) in [6.45, 7) is 17.2. The van der Waals surface area contributed by atoms with Crippen molar-refractivity contribution in [2.45, 2.75) is 106 Å². The number of aromatic nitrogens is 2. The number of alkyl halides is 3. The molecule has 5 rings (SSSR count). The Bertz CT molecular complexity index is 2000. The first-order valence-corrected chi connectivity index (χ1v) is 20.0. The van der Waals surface area contributed by atoms with Crippen molar-refractivity contribution in [3.05, 3.63) is 95.9 Å². The average molecular weight is 969 g/mol. The Kier molecular flexibility index (Phi) is 15.5. The second-order valence-corrected chi connectivity index (χ2v) is 17.3. The van der Waals surface area contributed by atoms with Gasteiger partial charge in [0.2, 0.25) is 0 Å². The third-order valence-corrected chi connectivity index (χ3v) is 12.2. The van der Waals surface area contributed by atoms with E-state index in [2.05, 4.69) is 51.1 Å². The van der Waals surface area contributed by atoms with Crippen LogP contribution in [0.15, 0.2) is 78.7 Å². The zero-order valence-electron chi connectivity index (χ0n) is 32.2. The number of rotatable bonds is 11. The molecule has 0 aliphatic carbocycles. The Labute approximate surface area is 332 Å². The Morgan fingerprint density at radius 1 is 0.887 bits per heavy atom. The average Bonchev–Trinajstić information content (AvgIpc) is 3.53. The molecule has 9 heteroatoms. The standard InChI is InChI=1S/C31H28F3N2Se.C13H24O2.Ir/c1-29(2,3)24-17-22(16-21-8-6-7-9-23(21)24)26-27-25(14-15-35-26)36-28(37-27)20-12-10-19(11-13-20)18-30(4,5)31(32,33)34;1-5-10(6-2)12(14)9-13(15)11(7-3)8-4;/h6-15,17H,18H2,1-5H3;9-11,14H,5-8H2,1-4H3;/q-1;;/b;12-9-;. The molecule has 2 aromatic heterocycles. The molecule has 1 N–H and O–H groups in total. The van der Waals surface area contributed by atoms with Gasteiger partial charge in [0.25, 0.3) is 0 Å². The number of ketones is 1. The minimum absolute atomic E-state index is 0. The van der Waals surface area contributed by atoms with Crippen molar-refractivity contribution in [1.29, 1.82) is 0 Å². The van der Waals surface area contributed by atoms with Crippen LogP contribution >= 0.6 is 0 Å². The van der Waals surface area contributed by atoms with E-state index < -0.39 is 11.6 Å². The molecule has 287 valence electrons. The zero-order valence-corrected chi connectivity index (χ0v) is 36.4. The van der Waals surface area contributed by atoms with Crippen molar-refractivity contribution in [3.63, 3.8) is 0 Å². The maximum atomic E-state index is 13.3. The third kappa shape index (κ3) is 10.8. The third-order valence-electron chi connectivity index (χ3n) is 9.84. The van der Waals surface area contributed by atoms with Crippen LogP contribution in [0.25, 0.3) is 41.9 Å². The molecule has 0 atom stereocenters. The van der Waals surface area contributed by atoms with E-state index in [1.807, 2.05) is 52.0 Å². The summed E-state index contributed by atoms with van der Waals surface area (Å²) in [5.41, 5.74) is 3.80. The number of carbonyl (C=O) groups excluding carboxylic acids is 1. The molecule has 0 unspecified atom stereocenters. The maximum Gasteiger partial charge on any atom is 0.162 e. The van der Waals surface area contributed by atoms with E-state index in [-0.39, 0.29) is 69.8 Å². The first kappa shape index (κ1) is 44.3. The Balaban J connectivity index is 0.000000403. The van der Waals surface area contributed by atoms with Crippen molar-refractivity contribution < 1.29 is 43.2 Å². The number of allylic oxidation sites excluding steroid dienone is 2. The van der Waals surface area contributed by atoms with Gasteiger partial charge in [-0.1, -0.05) is 27.7 Å². The molecule has 2 heterocycles. The fourth-order valence-electron chi connectivity index (χ4n) is 6.30. The summed E-state index contributed by atoms with van der Waals surface area (Å²) in [6.07, 6.45) is 2.39.